The number of hydrogen-bond acceptors (Lipinski definition) is 5. The van der Waals surface area contributed by atoms with Crippen molar-refractivity contribution in [2.75, 3.05) is 17.3 Å². The highest BCUT2D eigenvalue weighted by atomic mass is 35.5. The monoisotopic (exact) mass is 547 g/mol. The van der Waals surface area contributed by atoms with Gasteiger partial charge in [0, 0.05) is 16.2 Å². The van der Waals surface area contributed by atoms with Crippen molar-refractivity contribution in [1.82, 2.24) is 4.90 Å². The molecule has 0 radical (unpaired) electrons. The van der Waals surface area contributed by atoms with Gasteiger partial charge in [-0.05, 0) is 60.0 Å². The Labute approximate surface area is 229 Å². The van der Waals surface area contributed by atoms with Gasteiger partial charge in [0.05, 0.1) is 36.4 Å². The third kappa shape index (κ3) is 3.68. The number of aryl methyl sites for hydroxylation is 1. The van der Waals surface area contributed by atoms with E-state index in [4.69, 9.17) is 27.9 Å². The molecule has 3 aliphatic rings. The van der Waals surface area contributed by atoms with Gasteiger partial charge in [-0.15, -0.1) is 0 Å². The molecule has 9 heteroatoms. The van der Waals surface area contributed by atoms with Crippen LogP contribution in [0, 0.1) is 18.8 Å². The molecule has 3 aromatic carbocycles. The Morgan fingerprint density at radius 1 is 0.947 bits per heavy atom. The van der Waals surface area contributed by atoms with Gasteiger partial charge in [0.2, 0.25) is 17.7 Å². The lowest BCUT2D eigenvalue weighted by Crippen LogP contribution is -2.46. The Morgan fingerprint density at radius 2 is 1.66 bits per heavy atom. The Bertz CT molecular complexity index is 1540. The molecule has 0 unspecified atom stereocenters. The minimum atomic E-state index is -0.945. The number of carbonyl (C=O) groups is 3. The number of anilines is 2. The second-order valence-electron chi connectivity index (χ2n) is 9.61. The first-order valence-electron chi connectivity index (χ1n) is 12.1. The van der Waals surface area contributed by atoms with E-state index in [1.807, 2.05) is 42.2 Å². The Kier molecular flexibility index (Phi) is 5.93. The summed E-state index contributed by atoms with van der Waals surface area (Å²) in [5.41, 5.74) is 3.39. The number of halogens is 2. The van der Waals surface area contributed by atoms with Crippen molar-refractivity contribution in [2.45, 2.75) is 19.0 Å². The van der Waals surface area contributed by atoms with E-state index in [9.17, 15) is 14.4 Å². The topological polar surface area (TPSA) is 79.0 Å². The number of fused-ring (bicyclic) bond motifs is 5. The lowest BCUT2D eigenvalue weighted by Gasteiger charge is -2.35. The van der Waals surface area contributed by atoms with Gasteiger partial charge < -0.3 is 15.0 Å². The van der Waals surface area contributed by atoms with E-state index >= 15 is 0 Å². The molecule has 3 aromatic rings. The van der Waals surface area contributed by atoms with Gasteiger partial charge in [-0.2, -0.15) is 0 Å². The zero-order valence-corrected chi connectivity index (χ0v) is 22.0. The molecule has 38 heavy (non-hydrogen) atoms. The van der Waals surface area contributed by atoms with Crippen LogP contribution in [0.25, 0.3) is 6.08 Å². The fourth-order valence-electron chi connectivity index (χ4n) is 5.90. The van der Waals surface area contributed by atoms with Crippen molar-refractivity contribution in [2.24, 2.45) is 11.8 Å². The van der Waals surface area contributed by atoms with E-state index in [1.54, 1.807) is 42.6 Å². The summed E-state index contributed by atoms with van der Waals surface area (Å²) >= 11 is 12.4. The van der Waals surface area contributed by atoms with Gasteiger partial charge in [-0.1, -0.05) is 53.5 Å². The Balaban J connectivity index is 1.46. The van der Waals surface area contributed by atoms with Crippen LogP contribution in [0.1, 0.15) is 22.7 Å². The van der Waals surface area contributed by atoms with Crippen LogP contribution in [-0.4, -0.2) is 35.8 Å². The third-order valence-corrected chi connectivity index (χ3v) is 8.03. The second-order valence-corrected chi connectivity index (χ2v) is 10.5. The zero-order valence-electron chi connectivity index (χ0n) is 20.5. The molecule has 6 rings (SSSR count). The molecule has 1 N–H and O–H groups in total. The van der Waals surface area contributed by atoms with Crippen LogP contribution in [-0.2, 0) is 14.4 Å². The average molecular weight is 548 g/mol. The van der Waals surface area contributed by atoms with Crippen LogP contribution in [0.5, 0.6) is 5.75 Å². The molecular formula is C29H23Cl2N3O4. The van der Waals surface area contributed by atoms with Crippen LogP contribution in [0.4, 0.5) is 11.4 Å². The lowest BCUT2D eigenvalue weighted by atomic mass is 9.84. The minimum Gasteiger partial charge on any atom is -0.495 e. The molecule has 2 saturated heterocycles. The van der Waals surface area contributed by atoms with Crippen LogP contribution in [0.2, 0.25) is 10.0 Å². The SMILES string of the molecule is COc1ccc(Cl)cc1NC(=O)[C@@H]1[C@@H]2C(=O)N(c3cc(Cl)ccc3C)C(=O)[C@H]2[C@H]2c3ccccc3C=CN12. The summed E-state index contributed by atoms with van der Waals surface area (Å²) < 4.78 is 5.40. The lowest BCUT2D eigenvalue weighted by molar-refractivity contribution is -0.128. The number of methoxy groups -OCH3 is 1. The fourth-order valence-corrected chi connectivity index (χ4v) is 6.24. The van der Waals surface area contributed by atoms with E-state index in [0.717, 1.165) is 16.7 Å². The molecule has 192 valence electrons. The van der Waals surface area contributed by atoms with Gasteiger partial charge >= 0.3 is 0 Å². The average Bonchev–Trinajstić information content (AvgIpc) is 3.38. The first-order chi connectivity index (χ1) is 18.3. The van der Waals surface area contributed by atoms with Crippen molar-refractivity contribution in [3.05, 3.63) is 93.6 Å². The maximum atomic E-state index is 14.0. The van der Waals surface area contributed by atoms with Crippen LogP contribution in [0.15, 0.2) is 66.9 Å². The Hall–Kier alpha value is -3.81. The third-order valence-electron chi connectivity index (χ3n) is 7.56. The van der Waals surface area contributed by atoms with E-state index in [-0.39, 0.29) is 5.91 Å². The summed E-state index contributed by atoms with van der Waals surface area (Å²) in [7, 11) is 1.50. The summed E-state index contributed by atoms with van der Waals surface area (Å²) in [5.74, 6) is -2.45. The van der Waals surface area contributed by atoms with Gasteiger partial charge in [0.25, 0.3) is 0 Å². The van der Waals surface area contributed by atoms with Gasteiger partial charge in [0.1, 0.15) is 11.8 Å². The van der Waals surface area contributed by atoms with E-state index in [0.29, 0.717) is 27.2 Å². The quantitative estimate of drug-likeness (QED) is 0.438. The number of amides is 3. The normalized spacial score (nSPS) is 23.3. The van der Waals surface area contributed by atoms with E-state index in [1.165, 1.54) is 12.0 Å². The number of benzene rings is 3. The smallest absolute Gasteiger partial charge is 0.248 e. The number of rotatable bonds is 4. The number of hydrogen-bond donors (Lipinski definition) is 1. The predicted octanol–water partition coefficient (Wildman–Crippen LogP) is 5.46. The highest BCUT2D eigenvalue weighted by molar-refractivity contribution is 6.32. The number of imide groups is 1. The summed E-state index contributed by atoms with van der Waals surface area (Å²) in [5, 5.41) is 3.73. The molecular weight excluding hydrogens is 525 g/mol. The molecule has 0 aliphatic carbocycles. The first kappa shape index (κ1) is 24.5. The maximum absolute atomic E-state index is 14.0. The molecule has 3 aliphatic heterocycles. The first-order valence-corrected chi connectivity index (χ1v) is 12.9. The highest BCUT2D eigenvalue weighted by Gasteiger charge is 2.64. The molecule has 3 amide bonds. The van der Waals surface area contributed by atoms with Crippen LogP contribution in [0.3, 0.4) is 0 Å². The van der Waals surface area contributed by atoms with Crippen molar-refractivity contribution in [3.63, 3.8) is 0 Å². The summed E-state index contributed by atoms with van der Waals surface area (Å²) in [6.07, 6.45) is 3.71. The van der Waals surface area contributed by atoms with Gasteiger partial charge in [-0.3, -0.25) is 14.4 Å². The van der Waals surface area contributed by atoms with Crippen molar-refractivity contribution in [1.29, 1.82) is 0 Å². The van der Waals surface area contributed by atoms with Crippen molar-refractivity contribution in [3.8, 4) is 5.75 Å². The molecule has 0 aromatic heterocycles. The summed E-state index contributed by atoms with van der Waals surface area (Å²) in [6, 6.07) is 16.3. The maximum Gasteiger partial charge on any atom is 0.248 e. The largest absolute Gasteiger partial charge is 0.495 e. The fraction of sp³-hybridized carbons (Fsp3) is 0.207. The highest BCUT2D eigenvalue weighted by Crippen LogP contribution is 2.53. The van der Waals surface area contributed by atoms with Gasteiger partial charge in [-0.25, -0.2) is 4.90 Å². The van der Waals surface area contributed by atoms with Crippen LogP contribution >= 0.6 is 23.2 Å². The molecule has 4 atom stereocenters. The molecule has 0 bridgehead atoms. The predicted molar refractivity (Wildman–Crippen MR) is 146 cm³/mol. The minimum absolute atomic E-state index is 0.346. The molecule has 7 nitrogen and oxygen atoms in total. The number of nitrogens with zero attached hydrogens (tertiary/aromatic N) is 2. The Morgan fingerprint density at radius 3 is 2.45 bits per heavy atom. The van der Waals surface area contributed by atoms with Gasteiger partial charge in [0.15, 0.2) is 0 Å². The molecule has 0 saturated carbocycles. The standard InChI is InChI=1S/C29H23Cl2N3O4/c1-15-7-8-18(31)14-21(15)34-28(36)23-24(29(34)37)26(27(35)32-20-13-17(30)9-10-22(20)38-2)33-12-11-16-5-3-4-6-19(16)25(23)33/h3-14,23-26H,1-2H3,(H,32,35)/t23-,24-,25-,26+/m1/s1. The van der Waals surface area contributed by atoms with Crippen molar-refractivity contribution < 1.29 is 19.1 Å². The van der Waals surface area contributed by atoms with Crippen LogP contribution < -0.4 is 15.0 Å². The molecule has 2 fully saturated rings. The molecule has 0 spiro atoms. The van der Waals surface area contributed by atoms with E-state index < -0.39 is 35.7 Å². The number of nitrogens with one attached hydrogen (secondary N) is 1. The number of carbonyl (C=O) groups excluding carboxylic acids is 3. The zero-order chi connectivity index (χ0) is 26.7. The summed E-state index contributed by atoms with van der Waals surface area (Å²) in [6.45, 7) is 1.82. The molecule has 3 heterocycles. The second kappa shape index (κ2) is 9.19. The van der Waals surface area contributed by atoms with Crippen molar-refractivity contribution >= 4 is 58.4 Å². The number of ether oxygens (including phenoxy) is 1. The van der Waals surface area contributed by atoms with E-state index in [2.05, 4.69) is 5.32 Å². The summed E-state index contributed by atoms with van der Waals surface area (Å²) in [4.78, 5) is 45.1.